The molecule has 0 heterocycles. The molecule has 0 unspecified atom stereocenters. The first-order valence-corrected chi connectivity index (χ1v) is 17.5. The fourth-order valence-corrected chi connectivity index (χ4v) is 1.86. The molecule has 0 fully saturated rings. The van der Waals surface area contributed by atoms with E-state index >= 15 is 0 Å². The largest absolute Gasteiger partial charge is 2.00 e. The van der Waals surface area contributed by atoms with Crippen LogP contribution >= 0.6 is 15.6 Å². The van der Waals surface area contributed by atoms with Crippen molar-refractivity contribution in [2.75, 3.05) is 0 Å². The molecule has 52 heavy (non-hydrogen) atoms. The summed E-state index contributed by atoms with van der Waals surface area (Å²) in [5, 5.41) is 22.0. The first kappa shape index (κ1) is 60.2. The summed E-state index contributed by atoms with van der Waals surface area (Å²) in [4.78, 5) is 31.4. The van der Waals surface area contributed by atoms with Crippen LogP contribution in [0.5, 0.6) is 0 Å². The molecule has 0 aliphatic heterocycles. The Hall–Kier alpha value is -3.88. The van der Waals surface area contributed by atoms with Crippen LogP contribution in [0.1, 0.15) is 83.0 Å². The van der Waals surface area contributed by atoms with Crippen molar-refractivity contribution in [1.29, 1.82) is 15.8 Å². The van der Waals surface area contributed by atoms with Crippen LogP contribution in [0.3, 0.4) is 0 Å². The van der Waals surface area contributed by atoms with Gasteiger partial charge >= 0.3 is 82.8 Å². The van der Waals surface area contributed by atoms with Crippen LogP contribution in [0.15, 0.2) is 70.6 Å². The standard InChI is InChI=1S/2C12H15NO.3C2H3N.Co.2F6P/c2*1-12(2,3)13-9-11(14)10-7-5-4-6-8-10;3*1-2-3;;2*1-7(2,3,4,5)6/h2*4-9H,1-3H3;3*1H3;;;/q;;;;;+2;2*-1. The van der Waals surface area contributed by atoms with Gasteiger partial charge in [-0.1, -0.05) is 60.7 Å². The van der Waals surface area contributed by atoms with Gasteiger partial charge in [0.1, 0.15) is 0 Å². The Morgan fingerprint density at radius 2 is 0.673 bits per heavy atom. The van der Waals surface area contributed by atoms with Crippen molar-refractivity contribution in [3.05, 3.63) is 71.8 Å². The smallest absolute Gasteiger partial charge is 2.00 e. The second kappa shape index (κ2) is 22.2. The number of halogens is 12. The van der Waals surface area contributed by atoms with Crippen LogP contribution in [0, 0.1) is 34.0 Å². The fourth-order valence-electron chi connectivity index (χ4n) is 1.86. The van der Waals surface area contributed by atoms with Crippen LogP contribution in [0.4, 0.5) is 50.4 Å². The summed E-state index contributed by atoms with van der Waals surface area (Å²) < 4.78 is 118. The van der Waals surface area contributed by atoms with E-state index in [-0.39, 0.29) is 39.4 Å². The minimum atomic E-state index is -10.7. The van der Waals surface area contributed by atoms with E-state index in [1.165, 1.54) is 33.2 Å². The van der Waals surface area contributed by atoms with Crippen molar-refractivity contribution < 1.29 is 76.7 Å². The van der Waals surface area contributed by atoms with Gasteiger partial charge in [0, 0.05) is 31.9 Å². The minimum absolute atomic E-state index is 0. The van der Waals surface area contributed by atoms with E-state index in [2.05, 4.69) is 9.98 Å². The van der Waals surface area contributed by atoms with Gasteiger partial charge in [-0.3, -0.25) is 19.6 Å². The van der Waals surface area contributed by atoms with Crippen LogP contribution in [-0.2, 0) is 16.8 Å². The summed E-state index contributed by atoms with van der Waals surface area (Å²) in [5.41, 5.74) is 0.982. The molecule has 0 saturated heterocycles. The summed E-state index contributed by atoms with van der Waals surface area (Å²) in [5.74, 6) is -0.0824. The number of nitriles is 3. The normalized spacial score (nSPS) is 13.1. The molecule has 0 spiro atoms. The molecule has 0 saturated carbocycles. The zero-order valence-electron chi connectivity index (χ0n) is 29.2. The zero-order valence-corrected chi connectivity index (χ0v) is 32.1. The molecule has 7 nitrogen and oxygen atoms in total. The van der Waals surface area contributed by atoms with Crippen molar-refractivity contribution >= 4 is 39.6 Å². The number of nitrogens with zero attached hydrogens (tertiary/aromatic N) is 5. The average molecular weight is 851 g/mol. The number of Topliss-reactive ketones (excluding diaryl/α,β-unsaturated/α-hetero) is 2. The Kier molecular flexibility index (Phi) is 25.8. The van der Waals surface area contributed by atoms with Gasteiger partial charge in [-0.2, -0.15) is 15.8 Å². The molecule has 0 amide bonds. The molecule has 0 aliphatic rings. The molecule has 0 atom stereocenters. The van der Waals surface area contributed by atoms with Gasteiger partial charge in [0.25, 0.3) is 0 Å². The monoisotopic (exact) mass is 850 g/mol. The maximum absolute atomic E-state index is 11.5. The predicted octanol–water partition coefficient (Wildman–Crippen LogP) is 13.8. The van der Waals surface area contributed by atoms with Gasteiger partial charge < -0.3 is 0 Å². The van der Waals surface area contributed by atoms with Gasteiger partial charge in [-0.15, -0.1) is 0 Å². The summed E-state index contributed by atoms with van der Waals surface area (Å²) in [6.45, 7) is 16.1. The van der Waals surface area contributed by atoms with Gasteiger partial charge in [-0.25, -0.2) is 0 Å². The van der Waals surface area contributed by atoms with Crippen molar-refractivity contribution in [3.63, 3.8) is 0 Å². The van der Waals surface area contributed by atoms with E-state index in [0.717, 1.165) is 0 Å². The Labute approximate surface area is 305 Å². The maximum Gasteiger partial charge on any atom is 2.00 e. The number of ketones is 2. The predicted molar refractivity (Wildman–Crippen MR) is 179 cm³/mol. The fraction of sp³-hybridized carbons (Fsp3) is 0.367. The van der Waals surface area contributed by atoms with E-state index in [1.54, 1.807) is 42.5 Å². The van der Waals surface area contributed by atoms with Crippen LogP contribution in [0.25, 0.3) is 0 Å². The molecule has 2 aromatic carbocycles. The first-order chi connectivity index (χ1) is 22.1. The Morgan fingerprint density at radius 3 is 0.808 bits per heavy atom. The van der Waals surface area contributed by atoms with Gasteiger partial charge in [0.2, 0.25) is 11.6 Å². The van der Waals surface area contributed by atoms with Gasteiger partial charge in [0.15, 0.2) is 0 Å². The summed E-state index contributed by atoms with van der Waals surface area (Å²) >= 11 is 0. The third kappa shape index (κ3) is 91.0. The van der Waals surface area contributed by atoms with E-state index in [1.807, 2.05) is 77.9 Å². The summed E-state index contributed by atoms with van der Waals surface area (Å²) in [6.07, 6.45) is 2.80. The molecular formula is C30H39CoF12N5O2P2. The first-order valence-electron chi connectivity index (χ1n) is 13.5. The molecule has 299 valence electrons. The van der Waals surface area contributed by atoms with Crippen molar-refractivity contribution in [2.24, 2.45) is 9.98 Å². The van der Waals surface area contributed by atoms with Crippen molar-refractivity contribution in [3.8, 4) is 18.2 Å². The van der Waals surface area contributed by atoms with Crippen LogP contribution < -0.4 is 0 Å². The number of benzene rings is 2. The number of rotatable bonds is 4. The number of carbonyl (C=O) groups excluding carboxylic acids is 2. The second-order valence-corrected chi connectivity index (χ2v) is 14.7. The van der Waals surface area contributed by atoms with Gasteiger partial charge in [0.05, 0.1) is 41.7 Å². The molecule has 2 aromatic rings. The summed E-state index contributed by atoms with van der Waals surface area (Å²) in [6, 6.07) is 23.6. The van der Waals surface area contributed by atoms with Crippen LogP contribution in [-0.4, -0.2) is 35.1 Å². The molecule has 2 rings (SSSR count). The van der Waals surface area contributed by atoms with E-state index in [0.29, 0.717) is 11.1 Å². The molecule has 1 radical (unpaired) electrons. The number of carbonyl (C=O) groups is 2. The Balaban J connectivity index is -0.000000129. The third-order valence-electron chi connectivity index (χ3n) is 3.25. The van der Waals surface area contributed by atoms with Crippen LogP contribution in [0.2, 0.25) is 0 Å². The molecule has 0 aliphatic carbocycles. The maximum atomic E-state index is 11.5. The van der Waals surface area contributed by atoms with E-state index < -0.39 is 15.6 Å². The van der Waals surface area contributed by atoms with Crippen molar-refractivity contribution in [2.45, 2.75) is 73.4 Å². The zero-order chi connectivity index (χ0) is 42.1. The SMILES string of the molecule is CC#N.CC#N.CC#N.CC(C)(C)N=CC(=O)c1ccccc1.CC(C)(C)N=CC(=O)c1ccccc1.F[P-](F)(F)(F)(F)F.F[P-](F)(F)(F)(F)F.[Co+2]. The Bertz CT molecular complexity index is 1370. The van der Waals surface area contributed by atoms with Crippen molar-refractivity contribution in [1.82, 2.24) is 0 Å². The summed E-state index contributed by atoms with van der Waals surface area (Å²) in [7, 11) is -21.3. The topological polar surface area (TPSA) is 130 Å². The molecule has 0 bridgehead atoms. The molecule has 22 heteroatoms. The number of hydrogen-bond acceptors (Lipinski definition) is 7. The number of hydrogen-bond donors (Lipinski definition) is 0. The Morgan fingerprint density at radius 1 is 0.519 bits per heavy atom. The van der Waals surface area contributed by atoms with E-state index in [4.69, 9.17) is 15.8 Å². The third-order valence-corrected chi connectivity index (χ3v) is 3.25. The molecule has 0 N–H and O–H groups in total. The van der Waals surface area contributed by atoms with Gasteiger partial charge in [-0.05, 0) is 41.5 Å². The quantitative estimate of drug-likeness (QED) is 0.131. The van der Waals surface area contributed by atoms with E-state index in [9.17, 15) is 60.0 Å². The minimum Gasteiger partial charge on any atom is 2.00 e. The second-order valence-electron chi connectivity index (χ2n) is 10.9. The number of aliphatic imine (C=N–C) groups is 2. The molecular weight excluding hydrogens is 811 g/mol. The average Bonchev–Trinajstić information content (AvgIpc) is 2.89. The molecule has 0 aromatic heterocycles.